The number of aromatic nitrogens is 4. The number of aromatic amines is 2. The molecule has 4 nitrogen and oxygen atoms in total. The molecule has 3 heterocycles. The Morgan fingerprint density at radius 3 is 2.36 bits per heavy atom. The highest BCUT2D eigenvalue weighted by atomic mass is 14.9. The zero-order valence-electron chi connectivity index (χ0n) is 21.4. The Kier molecular flexibility index (Phi) is 4.70. The van der Waals surface area contributed by atoms with Gasteiger partial charge in [0, 0.05) is 50.7 Å². The third kappa shape index (κ3) is 3.39. The molecule has 3 aromatic heterocycles. The van der Waals surface area contributed by atoms with E-state index < -0.39 is 0 Å². The molecule has 0 fully saturated rings. The van der Waals surface area contributed by atoms with E-state index in [-0.39, 0.29) is 0 Å². The van der Waals surface area contributed by atoms with Crippen molar-refractivity contribution in [1.82, 2.24) is 19.9 Å². The molecule has 8 rings (SSSR count). The molecule has 0 aliphatic rings. The largest absolute Gasteiger partial charge is 0.360 e. The maximum Gasteiger partial charge on any atom is 0.162 e. The Bertz CT molecular complexity index is 2200. The van der Waals surface area contributed by atoms with Crippen LogP contribution in [0.25, 0.3) is 77.3 Å². The molecular formula is C35H24N4. The highest BCUT2D eigenvalue weighted by Crippen LogP contribution is 2.42. The third-order valence-electron chi connectivity index (χ3n) is 7.78. The Morgan fingerprint density at radius 1 is 0.667 bits per heavy atom. The first-order valence-electron chi connectivity index (χ1n) is 13.2. The van der Waals surface area contributed by atoms with Crippen molar-refractivity contribution in [1.29, 1.82) is 0 Å². The van der Waals surface area contributed by atoms with Crippen LogP contribution >= 0.6 is 0 Å². The van der Waals surface area contributed by atoms with E-state index in [1.165, 1.54) is 38.4 Å². The summed E-state index contributed by atoms with van der Waals surface area (Å²) in [6.45, 7) is 2.15. The molecular weight excluding hydrogens is 476 g/mol. The van der Waals surface area contributed by atoms with E-state index in [4.69, 9.17) is 9.97 Å². The van der Waals surface area contributed by atoms with Gasteiger partial charge in [-0.25, -0.2) is 9.97 Å². The van der Waals surface area contributed by atoms with Gasteiger partial charge in [-0.1, -0.05) is 78.9 Å². The Balaban J connectivity index is 1.45. The summed E-state index contributed by atoms with van der Waals surface area (Å²) in [5, 5.41) is 5.75. The minimum atomic E-state index is 0.721. The molecule has 0 atom stereocenters. The molecule has 0 aliphatic heterocycles. The van der Waals surface area contributed by atoms with Crippen molar-refractivity contribution >= 4 is 43.5 Å². The van der Waals surface area contributed by atoms with Crippen molar-refractivity contribution in [3.05, 3.63) is 121 Å². The monoisotopic (exact) mass is 500 g/mol. The minimum Gasteiger partial charge on any atom is -0.360 e. The average molecular weight is 501 g/mol. The molecule has 0 spiro atoms. The van der Waals surface area contributed by atoms with Gasteiger partial charge in [0.1, 0.15) is 0 Å². The lowest BCUT2D eigenvalue weighted by molar-refractivity contribution is 1.23. The quantitative estimate of drug-likeness (QED) is 0.254. The summed E-state index contributed by atoms with van der Waals surface area (Å²) in [7, 11) is 0. The van der Waals surface area contributed by atoms with E-state index in [2.05, 4.69) is 108 Å². The van der Waals surface area contributed by atoms with E-state index in [0.717, 1.165) is 44.5 Å². The summed E-state index contributed by atoms with van der Waals surface area (Å²) < 4.78 is 0. The van der Waals surface area contributed by atoms with Gasteiger partial charge >= 0.3 is 0 Å². The van der Waals surface area contributed by atoms with Crippen LogP contribution in [0.2, 0.25) is 0 Å². The van der Waals surface area contributed by atoms with E-state index in [1.54, 1.807) is 0 Å². The minimum absolute atomic E-state index is 0.721. The topological polar surface area (TPSA) is 57.4 Å². The summed E-state index contributed by atoms with van der Waals surface area (Å²) in [4.78, 5) is 17.1. The van der Waals surface area contributed by atoms with Gasteiger partial charge in [0.15, 0.2) is 5.82 Å². The van der Waals surface area contributed by atoms with Crippen molar-refractivity contribution in [2.45, 2.75) is 6.92 Å². The SMILES string of the molecule is Cc1cccc2c(-c3cc(-c4[nH]c5ccccc5c4-c4ncc5ccccc5n4)c4ccccc4c3)c[nH]c12. The molecule has 0 bridgehead atoms. The molecule has 0 radical (unpaired) electrons. The number of hydrogen-bond acceptors (Lipinski definition) is 2. The fourth-order valence-electron chi connectivity index (χ4n) is 5.89. The smallest absolute Gasteiger partial charge is 0.162 e. The van der Waals surface area contributed by atoms with E-state index in [1.807, 2.05) is 24.4 Å². The zero-order chi connectivity index (χ0) is 25.9. The number of fused-ring (bicyclic) bond motifs is 4. The number of H-pyrrole nitrogens is 2. The average Bonchev–Trinajstić information content (AvgIpc) is 3.59. The Hall–Kier alpha value is -5.22. The summed E-state index contributed by atoms with van der Waals surface area (Å²) in [6, 6.07) is 36.2. The number of para-hydroxylation sites is 3. The van der Waals surface area contributed by atoms with Crippen molar-refractivity contribution in [2.75, 3.05) is 0 Å². The number of benzene rings is 5. The van der Waals surface area contributed by atoms with Crippen LogP contribution in [-0.4, -0.2) is 19.9 Å². The fourth-order valence-corrected chi connectivity index (χ4v) is 5.89. The third-order valence-corrected chi connectivity index (χ3v) is 7.78. The van der Waals surface area contributed by atoms with Gasteiger partial charge < -0.3 is 9.97 Å². The standard InChI is InChI=1S/C35H24N4/c1-21-9-8-14-26-29(20-36-33(21)26)24-17-22-10-2-4-12-25(22)28(18-24)34-32(27-13-5-7-16-31(27)38-34)35-37-19-23-11-3-6-15-30(23)39-35/h2-20,36,38H,1H3. The van der Waals surface area contributed by atoms with Crippen LogP contribution < -0.4 is 0 Å². The van der Waals surface area contributed by atoms with Crippen LogP contribution in [0.15, 0.2) is 116 Å². The van der Waals surface area contributed by atoms with Crippen LogP contribution in [0, 0.1) is 6.92 Å². The van der Waals surface area contributed by atoms with Crippen molar-refractivity contribution in [3.8, 4) is 33.8 Å². The maximum atomic E-state index is 5.02. The Labute approximate surface area is 225 Å². The second-order valence-electron chi connectivity index (χ2n) is 10.1. The predicted octanol–water partition coefficient (Wildman–Crippen LogP) is 9.06. The first-order valence-corrected chi connectivity index (χ1v) is 13.2. The van der Waals surface area contributed by atoms with Gasteiger partial charge in [-0.05, 0) is 53.1 Å². The summed E-state index contributed by atoms with van der Waals surface area (Å²) >= 11 is 0. The predicted molar refractivity (Wildman–Crippen MR) is 162 cm³/mol. The lowest BCUT2D eigenvalue weighted by Gasteiger charge is -2.12. The molecule has 0 aliphatic carbocycles. The van der Waals surface area contributed by atoms with Crippen LogP contribution in [0.5, 0.6) is 0 Å². The molecule has 4 heteroatoms. The maximum absolute atomic E-state index is 5.02. The van der Waals surface area contributed by atoms with Crippen LogP contribution in [0.4, 0.5) is 0 Å². The summed E-state index contributed by atoms with van der Waals surface area (Å²) in [5.74, 6) is 0.721. The van der Waals surface area contributed by atoms with Crippen LogP contribution in [0.1, 0.15) is 5.56 Å². The molecule has 39 heavy (non-hydrogen) atoms. The molecule has 8 aromatic rings. The summed E-state index contributed by atoms with van der Waals surface area (Å²) in [6.07, 6.45) is 4.05. The van der Waals surface area contributed by atoms with Crippen molar-refractivity contribution < 1.29 is 0 Å². The number of aryl methyl sites for hydroxylation is 1. The number of hydrogen-bond donors (Lipinski definition) is 2. The lowest BCUT2D eigenvalue weighted by Crippen LogP contribution is -1.92. The van der Waals surface area contributed by atoms with Gasteiger partial charge in [0.25, 0.3) is 0 Å². The highest BCUT2D eigenvalue weighted by Gasteiger charge is 2.20. The molecule has 0 unspecified atom stereocenters. The van der Waals surface area contributed by atoms with E-state index in [0.29, 0.717) is 0 Å². The second-order valence-corrected chi connectivity index (χ2v) is 10.1. The molecule has 5 aromatic carbocycles. The number of rotatable bonds is 3. The molecule has 2 N–H and O–H groups in total. The van der Waals surface area contributed by atoms with Gasteiger partial charge in [-0.15, -0.1) is 0 Å². The lowest BCUT2D eigenvalue weighted by atomic mass is 9.93. The molecule has 184 valence electrons. The van der Waals surface area contributed by atoms with Gasteiger partial charge in [0.05, 0.1) is 16.8 Å². The van der Waals surface area contributed by atoms with E-state index in [9.17, 15) is 0 Å². The number of nitrogens with one attached hydrogen (secondary N) is 2. The van der Waals surface area contributed by atoms with Crippen molar-refractivity contribution in [3.63, 3.8) is 0 Å². The molecule has 0 saturated carbocycles. The second kappa shape index (κ2) is 8.40. The Morgan fingerprint density at radius 2 is 1.44 bits per heavy atom. The zero-order valence-corrected chi connectivity index (χ0v) is 21.4. The van der Waals surface area contributed by atoms with Crippen LogP contribution in [0.3, 0.4) is 0 Å². The van der Waals surface area contributed by atoms with Crippen LogP contribution in [-0.2, 0) is 0 Å². The normalized spacial score (nSPS) is 11.7. The summed E-state index contributed by atoms with van der Waals surface area (Å²) in [5.41, 5.74) is 9.97. The molecule has 0 saturated heterocycles. The number of nitrogens with zero attached hydrogens (tertiary/aromatic N) is 2. The first-order chi connectivity index (χ1) is 19.2. The molecule has 0 amide bonds. The van der Waals surface area contributed by atoms with Gasteiger partial charge in [-0.2, -0.15) is 0 Å². The van der Waals surface area contributed by atoms with Gasteiger partial charge in [-0.3, -0.25) is 0 Å². The van der Waals surface area contributed by atoms with Gasteiger partial charge in [0.2, 0.25) is 0 Å². The van der Waals surface area contributed by atoms with Crippen molar-refractivity contribution in [2.24, 2.45) is 0 Å². The van der Waals surface area contributed by atoms with E-state index >= 15 is 0 Å². The fraction of sp³-hybridized carbons (Fsp3) is 0.0286. The highest BCUT2D eigenvalue weighted by molar-refractivity contribution is 6.10. The first kappa shape index (κ1) is 21.8.